The van der Waals surface area contributed by atoms with Crippen LogP contribution in [0.15, 0.2) is 30.3 Å². The van der Waals surface area contributed by atoms with Gasteiger partial charge in [0.15, 0.2) is 0 Å². The van der Waals surface area contributed by atoms with Crippen molar-refractivity contribution in [1.82, 2.24) is 5.32 Å². The third kappa shape index (κ3) is 6.80. The van der Waals surface area contributed by atoms with Gasteiger partial charge in [0.2, 0.25) is 0 Å². The van der Waals surface area contributed by atoms with E-state index in [1.54, 1.807) is 0 Å². The summed E-state index contributed by atoms with van der Waals surface area (Å²) in [6.45, 7) is 5.66. The Morgan fingerprint density at radius 2 is 1.50 bits per heavy atom. The first-order chi connectivity index (χ1) is 8.84. The van der Waals surface area contributed by atoms with Crippen LogP contribution < -0.4 is 5.32 Å². The zero-order chi connectivity index (χ0) is 13.1. The van der Waals surface area contributed by atoms with E-state index in [0.29, 0.717) is 6.04 Å². The lowest BCUT2D eigenvalue weighted by molar-refractivity contribution is 0.524. The fraction of sp³-hybridized carbons (Fsp3) is 0.647. The smallest absolute Gasteiger partial charge is 0.0291 e. The molecule has 1 atom stereocenters. The molecule has 0 saturated carbocycles. The van der Waals surface area contributed by atoms with E-state index in [4.69, 9.17) is 0 Å². The number of rotatable bonds is 10. The maximum Gasteiger partial charge on any atom is 0.0291 e. The molecule has 102 valence electrons. The Morgan fingerprint density at radius 1 is 0.889 bits per heavy atom. The molecular weight excluding hydrogens is 218 g/mol. The first kappa shape index (κ1) is 15.2. The van der Waals surface area contributed by atoms with E-state index in [9.17, 15) is 0 Å². The molecule has 18 heavy (non-hydrogen) atoms. The number of unbranched alkanes of at least 4 members (excludes halogenated alkanes) is 6. The zero-order valence-electron chi connectivity index (χ0n) is 12.1. The van der Waals surface area contributed by atoms with Gasteiger partial charge in [-0.1, -0.05) is 75.8 Å². The first-order valence-corrected chi connectivity index (χ1v) is 7.63. The number of benzene rings is 1. The monoisotopic (exact) mass is 247 g/mol. The van der Waals surface area contributed by atoms with Crippen LogP contribution in [0, 0.1) is 0 Å². The van der Waals surface area contributed by atoms with Gasteiger partial charge >= 0.3 is 0 Å². The highest BCUT2D eigenvalue weighted by Crippen LogP contribution is 2.11. The minimum absolute atomic E-state index is 0.478. The second-order valence-electron chi connectivity index (χ2n) is 5.21. The van der Waals surface area contributed by atoms with Gasteiger partial charge in [-0.25, -0.2) is 0 Å². The van der Waals surface area contributed by atoms with Gasteiger partial charge in [-0.2, -0.15) is 0 Å². The van der Waals surface area contributed by atoms with Crippen LogP contribution >= 0.6 is 0 Å². The molecule has 0 amide bonds. The van der Waals surface area contributed by atoms with E-state index in [1.165, 1.54) is 50.5 Å². The molecule has 1 unspecified atom stereocenters. The summed E-state index contributed by atoms with van der Waals surface area (Å²) < 4.78 is 0. The Hall–Kier alpha value is -0.820. The highest BCUT2D eigenvalue weighted by molar-refractivity contribution is 5.17. The highest BCUT2D eigenvalue weighted by Gasteiger charge is 2.02. The van der Waals surface area contributed by atoms with Crippen LogP contribution in [-0.4, -0.2) is 6.54 Å². The summed E-state index contributed by atoms with van der Waals surface area (Å²) in [5.74, 6) is 0. The summed E-state index contributed by atoms with van der Waals surface area (Å²) in [6.07, 6.45) is 9.68. The van der Waals surface area contributed by atoms with E-state index in [2.05, 4.69) is 49.5 Å². The van der Waals surface area contributed by atoms with Crippen molar-refractivity contribution in [2.24, 2.45) is 0 Å². The van der Waals surface area contributed by atoms with E-state index >= 15 is 0 Å². The van der Waals surface area contributed by atoms with Crippen molar-refractivity contribution in [3.05, 3.63) is 35.9 Å². The minimum Gasteiger partial charge on any atom is -0.310 e. The molecule has 1 aromatic carbocycles. The highest BCUT2D eigenvalue weighted by atomic mass is 14.9. The van der Waals surface area contributed by atoms with E-state index in [1.807, 2.05) is 0 Å². The van der Waals surface area contributed by atoms with Crippen LogP contribution in [0.2, 0.25) is 0 Å². The molecule has 0 bridgehead atoms. The van der Waals surface area contributed by atoms with Gasteiger partial charge < -0.3 is 5.32 Å². The molecule has 0 aliphatic heterocycles. The maximum atomic E-state index is 3.60. The lowest BCUT2D eigenvalue weighted by atomic mass is 10.1. The van der Waals surface area contributed by atoms with E-state index < -0.39 is 0 Å². The molecule has 0 aromatic heterocycles. The molecule has 1 heteroatoms. The van der Waals surface area contributed by atoms with E-state index in [-0.39, 0.29) is 0 Å². The van der Waals surface area contributed by atoms with Crippen LogP contribution in [0.1, 0.15) is 70.4 Å². The van der Waals surface area contributed by atoms with E-state index in [0.717, 1.165) is 6.54 Å². The molecule has 0 aliphatic carbocycles. The SMILES string of the molecule is CCCCCCCCCNC(C)c1ccccc1. The predicted molar refractivity (Wildman–Crippen MR) is 80.9 cm³/mol. The van der Waals surface area contributed by atoms with Crippen molar-refractivity contribution in [2.45, 2.75) is 64.8 Å². The summed E-state index contributed by atoms with van der Waals surface area (Å²) in [7, 11) is 0. The Labute approximate surface area is 113 Å². The number of hydrogen-bond acceptors (Lipinski definition) is 1. The Morgan fingerprint density at radius 3 is 2.17 bits per heavy atom. The standard InChI is InChI=1S/C17H29N/c1-3-4-5-6-7-8-12-15-18-16(2)17-13-10-9-11-14-17/h9-11,13-14,16,18H,3-8,12,15H2,1-2H3. The van der Waals surface area contributed by atoms with Crippen LogP contribution in [0.5, 0.6) is 0 Å². The molecule has 0 spiro atoms. The Bertz CT molecular complexity index is 281. The summed E-state index contributed by atoms with van der Waals surface area (Å²) in [4.78, 5) is 0. The van der Waals surface area contributed by atoms with Gasteiger partial charge in [0.25, 0.3) is 0 Å². The fourth-order valence-electron chi connectivity index (χ4n) is 2.26. The molecule has 1 nitrogen and oxygen atoms in total. The fourth-order valence-corrected chi connectivity index (χ4v) is 2.26. The molecule has 0 aliphatic rings. The van der Waals surface area contributed by atoms with Gasteiger partial charge in [0, 0.05) is 6.04 Å². The lowest BCUT2D eigenvalue weighted by Crippen LogP contribution is -2.19. The predicted octanol–water partition coefficient (Wildman–Crippen LogP) is 5.09. The average molecular weight is 247 g/mol. The Balaban J connectivity index is 1.98. The van der Waals surface area contributed by atoms with Gasteiger partial charge in [-0.3, -0.25) is 0 Å². The van der Waals surface area contributed by atoms with Gasteiger partial charge in [-0.15, -0.1) is 0 Å². The topological polar surface area (TPSA) is 12.0 Å². The maximum absolute atomic E-state index is 3.60. The average Bonchev–Trinajstić information content (AvgIpc) is 2.42. The third-order valence-corrected chi connectivity index (χ3v) is 3.53. The molecule has 0 heterocycles. The molecular formula is C17H29N. The number of hydrogen-bond donors (Lipinski definition) is 1. The van der Waals surface area contributed by atoms with Crippen molar-refractivity contribution in [2.75, 3.05) is 6.54 Å². The van der Waals surface area contributed by atoms with Crippen LogP contribution in [0.4, 0.5) is 0 Å². The second kappa shape index (κ2) is 10.1. The molecule has 1 rings (SSSR count). The second-order valence-corrected chi connectivity index (χ2v) is 5.21. The van der Waals surface area contributed by atoms with Crippen molar-refractivity contribution in [3.63, 3.8) is 0 Å². The van der Waals surface area contributed by atoms with Crippen molar-refractivity contribution in [1.29, 1.82) is 0 Å². The van der Waals surface area contributed by atoms with Gasteiger partial charge in [0.1, 0.15) is 0 Å². The third-order valence-electron chi connectivity index (χ3n) is 3.53. The Kier molecular flexibility index (Phi) is 8.58. The molecule has 0 radical (unpaired) electrons. The summed E-state index contributed by atoms with van der Waals surface area (Å²) in [6, 6.07) is 11.2. The zero-order valence-corrected chi connectivity index (χ0v) is 12.1. The largest absolute Gasteiger partial charge is 0.310 e. The summed E-state index contributed by atoms with van der Waals surface area (Å²) >= 11 is 0. The minimum atomic E-state index is 0.478. The van der Waals surface area contributed by atoms with Crippen molar-refractivity contribution < 1.29 is 0 Å². The van der Waals surface area contributed by atoms with Gasteiger partial charge in [-0.05, 0) is 25.5 Å². The van der Waals surface area contributed by atoms with Crippen LogP contribution in [0.25, 0.3) is 0 Å². The van der Waals surface area contributed by atoms with Crippen molar-refractivity contribution >= 4 is 0 Å². The lowest BCUT2D eigenvalue weighted by Gasteiger charge is -2.13. The summed E-state index contributed by atoms with van der Waals surface area (Å²) in [5, 5.41) is 3.60. The molecule has 1 N–H and O–H groups in total. The quantitative estimate of drug-likeness (QED) is 0.568. The molecule has 1 aromatic rings. The van der Waals surface area contributed by atoms with Gasteiger partial charge in [0.05, 0.1) is 0 Å². The molecule has 0 fully saturated rings. The normalized spacial score (nSPS) is 12.6. The van der Waals surface area contributed by atoms with Crippen LogP contribution in [-0.2, 0) is 0 Å². The number of nitrogens with one attached hydrogen (secondary N) is 1. The first-order valence-electron chi connectivity index (χ1n) is 7.63. The molecule has 0 saturated heterocycles. The van der Waals surface area contributed by atoms with Crippen molar-refractivity contribution in [3.8, 4) is 0 Å². The summed E-state index contributed by atoms with van der Waals surface area (Å²) in [5.41, 5.74) is 1.39. The van der Waals surface area contributed by atoms with Crippen LogP contribution in [0.3, 0.4) is 0 Å².